The Balaban J connectivity index is 0.000000167. The Labute approximate surface area is 298 Å². The van der Waals surface area contributed by atoms with E-state index in [4.69, 9.17) is 29.3 Å². The molecule has 2 aromatic carbocycles. The van der Waals surface area contributed by atoms with Crippen molar-refractivity contribution in [1.29, 1.82) is 0 Å². The standard InChI is InChI=1S/2C15H17FN4O2.2C2H4O2/c2*1-8-15(21)19-18-14-7-22-13-4-11(16)10(2-9-5-17-6-9)3-12(13)20(8)14;2*1-2(3)4/h2*3-4,8-9,17H,2,5-7H2,1H3,(H,19,21);2*1H3,(H,3,4)/t2*8-;;/m10../s1. The lowest BCUT2D eigenvalue weighted by Crippen LogP contribution is -2.55. The quantitative estimate of drug-likeness (QED) is 0.265. The van der Waals surface area contributed by atoms with E-state index < -0.39 is 11.9 Å². The molecule has 2 aromatic rings. The number of carbonyl (C=O) groups is 4. The summed E-state index contributed by atoms with van der Waals surface area (Å²) in [5, 5.41) is 29.3. The van der Waals surface area contributed by atoms with E-state index in [1.807, 2.05) is 9.80 Å². The van der Waals surface area contributed by atoms with Crippen LogP contribution in [0.15, 0.2) is 34.5 Å². The van der Waals surface area contributed by atoms with Gasteiger partial charge in [-0.15, -0.1) is 0 Å². The lowest BCUT2D eigenvalue weighted by atomic mass is 9.93. The summed E-state index contributed by atoms with van der Waals surface area (Å²) in [5.41, 5.74) is 7.72. The van der Waals surface area contributed by atoms with Gasteiger partial charge in [-0.05, 0) is 88.0 Å². The third-order valence-electron chi connectivity index (χ3n) is 8.92. The number of carbonyl (C=O) groups excluding carboxylic acids is 2. The molecule has 16 nitrogen and oxygen atoms in total. The molecular formula is C34H42F2N8O8. The average molecular weight is 729 g/mol. The molecule has 0 bridgehead atoms. The summed E-state index contributed by atoms with van der Waals surface area (Å²) < 4.78 is 39.7. The number of hydrogen-bond acceptors (Lipinski definition) is 12. The predicted molar refractivity (Wildman–Crippen MR) is 186 cm³/mol. The number of fused-ring (bicyclic) bond motifs is 6. The first-order valence-electron chi connectivity index (χ1n) is 16.8. The molecule has 52 heavy (non-hydrogen) atoms. The van der Waals surface area contributed by atoms with Gasteiger partial charge < -0.3 is 40.1 Å². The molecule has 6 N–H and O–H groups in total. The number of nitrogens with zero attached hydrogens (tertiary/aromatic N) is 4. The summed E-state index contributed by atoms with van der Waals surface area (Å²) in [5.74, 6) is 0.628. The van der Waals surface area contributed by atoms with Gasteiger partial charge in [-0.2, -0.15) is 10.2 Å². The molecule has 6 aliphatic heterocycles. The first kappa shape index (κ1) is 37.9. The van der Waals surface area contributed by atoms with Gasteiger partial charge in [0.2, 0.25) is 0 Å². The van der Waals surface area contributed by atoms with E-state index in [0.29, 0.717) is 59.0 Å². The second-order valence-corrected chi connectivity index (χ2v) is 13.0. The van der Waals surface area contributed by atoms with E-state index in [2.05, 4.69) is 31.7 Å². The van der Waals surface area contributed by atoms with Crippen LogP contribution in [0.5, 0.6) is 11.5 Å². The first-order chi connectivity index (χ1) is 24.7. The molecule has 0 aliphatic carbocycles. The first-order valence-corrected chi connectivity index (χ1v) is 16.8. The van der Waals surface area contributed by atoms with Crippen molar-refractivity contribution < 1.29 is 47.6 Å². The summed E-state index contributed by atoms with van der Waals surface area (Å²) in [4.78, 5) is 45.4. The number of halogens is 2. The molecule has 0 unspecified atom stereocenters. The number of nitrogens with one attached hydrogen (secondary N) is 4. The smallest absolute Gasteiger partial charge is 0.300 e. The van der Waals surface area contributed by atoms with Gasteiger partial charge in [0.15, 0.2) is 11.7 Å². The molecule has 2 amide bonds. The third kappa shape index (κ3) is 8.74. The second-order valence-electron chi connectivity index (χ2n) is 13.0. The zero-order chi connectivity index (χ0) is 37.7. The van der Waals surface area contributed by atoms with Crippen molar-refractivity contribution in [3.63, 3.8) is 0 Å². The molecule has 18 heteroatoms. The third-order valence-corrected chi connectivity index (χ3v) is 8.92. The molecule has 0 radical (unpaired) electrons. The average Bonchev–Trinajstić information content (AvgIpc) is 3.04. The van der Waals surface area contributed by atoms with Crippen LogP contribution in [-0.2, 0) is 32.0 Å². The van der Waals surface area contributed by atoms with Crippen molar-refractivity contribution in [2.45, 2.75) is 52.6 Å². The highest BCUT2D eigenvalue weighted by Gasteiger charge is 2.37. The molecule has 280 valence electrons. The lowest BCUT2D eigenvalue weighted by molar-refractivity contribution is -0.135. The Bertz CT molecular complexity index is 1650. The largest absolute Gasteiger partial charge is 0.483 e. The van der Waals surface area contributed by atoms with Crippen LogP contribution in [0.25, 0.3) is 0 Å². The van der Waals surface area contributed by atoms with Crippen LogP contribution < -0.4 is 40.8 Å². The summed E-state index contributed by atoms with van der Waals surface area (Å²) >= 11 is 0. The summed E-state index contributed by atoms with van der Waals surface area (Å²) in [6, 6.07) is 5.66. The van der Waals surface area contributed by atoms with Crippen LogP contribution in [0.2, 0.25) is 0 Å². The zero-order valence-corrected chi connectivity index (χ0v) is 29.2. The van der Waals surface area contributed by atoms with Crippen molar-refractivity contribution >= 4 is 46.8 Å². The summed E-state index contributed by atoms with van der Waals surface area (Å²) in [6.07, 6.45) is 1.38. The van der Waals surface area contributed by atoms with Gasteiger partial charge in [-0.25, -0.2) is 19.6 Å². The molecule has 8 rings (SSSR count). The molecule has 6 aliphatic rings. The normalized spacial score (nSPS) is 21.0. The number of amidine groups is 2. The number of aliphatic carboxylic acids is 2. The van der Waals surface area contributed by atoms with E-state index in [1.165, 1.54) is 12.1 Å². The van der Waals surface area contributed by atoms with Gasteiger partial charge in [0.1, 0.15) is 48.4 Å². The number of rotatable bonds is 4. The van der Waals surface area contributed by atoms with Crippen molar-refractivity contribution in [3.05, 3.63) is 47.0 Å². The SMILES string of the molecule is CC(=O)O.CC(=O)O.C[C@@H]1C(=O)NN=C2COc3cc(F)c(CC4CNC4)cc3N21.C[C@H]1C(=O)NN=C2COc3cc(F)c(CC4CNC4)cc3N21. The van der Waals surface area contributed by atoms with Crippen molar-refractivity contribution in [1.82, 2.24) is 21.5 Å². The van der Waals surface area contributed by atoms with Crippen LogP contribution in [0.1, 0.15) is 38.8 Å². The number of hydrogen-bond donors (Lipinski definition) is 6. The Morgan fingerprint density at radius 3 is 1.38 bits per heavy atom. The lowest BCUT2D eigenvalue weighted by Gasteiger charge is -2.38. The number of benzene rings is 2. The molecule has 6 heterocycles. The zero-order valence-electron chi connectivity index (χ0n) is 29.2. The van der Waals surface area contributed by atoms with Crippen LogP contribution in [0.4, 0.5) is 20.2 Å². The van der Waals surface area contributed by atoms with Crippen molar-refractivity contribution in [2.75, 3.05) is 49.2 Å². The molecular weight excluding hydrogens is 686 g/mol. The maximum absolute atomic E-state index is 14.3. The Morgan fingerprint density at radius 2 is 1.08 bits per heavy atom. The summed E-state index contributed by atoms with van der Waals surface area (Å²) in [6.45, 7) is 9.90. The van der Waals surface area contributed by atoms with Crippen LogP contribution in [-0.4, -0.2) is 97.1 Å². The number of carboxylic acids is 2. The molecule has 0 spiro atoms. The predicted octanol–water partition coefficient (Wildman–Crippen LogP) is 1.42. The molecule has 0 saturated carbocycles. The van der Waals surface area contributed by atoms with Crippen LogP contribution in [0, 0.1) is 23.5 Å². The fourth-order valence-electron chi connectivity index (χ4n) is 6.10. The van der Waals surface area contributed by atoms with E-state index in [-0.39, 0.29) is 48.7 Å². The van der Waals surface area contributed by atoms with Crippen molar-refractivity contribution in [3.8, 4) is 11.5 Å². The van der Waals surface area contributed by atoms with Crippen LogP contribution in [0.3, 0.4) is 0 Å². The highest BCUT2D eigenvalue weighted by atomic mass is 19.1. The Hall–Kier alpha value is -5.36. The van der Waals surface area contributed by atoms with E-state index >= 15 is 0 Å². The Kier molecular flexibility index (Phi) is 11.9. The van der Waals surface area contributed by atoms with Gasteiger partial charge in [-0.1, -0.05) is 0 Å². The van der Waals surface area contributed by atoms with Gasteiger partial charge in [0.25, 0.3) is 23.8 Å². The summed E-state index contributed by atoms with van der Waals surface area (Å²) in [7, 11) is 0. The van der Waals surface area contributed by atoms with Gasteiger partial charge in [0.05, 0.1) is 11.4 Å². The second kappa shape index (κ2) is 16.3. The molecule has 2 atom stereocenters. The maximum atomic E-state index is 14.3. The van der Waals surface area contributed by atoms with E-state index in [9.17, 15) is 18.4 Å². The molecule has 0 aromatic heterocycles. The minimum absolute atomic E-state index is 0.175. The van der Waals surface area contributed by atoms with Crippen molar-refractivity contribution in [2.24, 2.45) is 22.0 Å². The number of hydrazone groups is 2. The fourth-order valence-corrected chi connectivity index (χ4v) is 6.10. The Morgan fingerprint density at radius 1 is 0.731 bits per heavy atom. The van der Waals surface area contributed by atoms with E-state index in [0.717, 1.165) is 51.4 Å². The molecule has 2 fully saturated rings. The van der Waals surface area contributed by atoms with Gasteiger partial charge >= 0.3 is 0 Å². The number of ether oxygens (including phenoxy) is 2. The van der Waals surface area contributed by atoms with E-state index in [1.54, 1.807) is 26.0 Å². The highest BCUT2D eigenvalue weighted by molar-refractivity contribution is 6.10. The minimum Gasteiger partial charge on any atom is -0.483 e. The highest BCUT2D eigenvalue weighted by Crippen LogP contribution is 2.39. The number of anilines is 2. The van der Waals surface area contributed by atoms with Gasteiger partial charge in [0, 0.05) is 26.0 Å². The molecule has 2 saturated heterocycles. The maximum Gasteiger partial charge on any atom is 0.300 e. The van der Waals surface area contributed by atoms with Crippen LogP contribution >= 0.6 is 0 Å². The number of carboxylic acid groups (broad SMARTS) is 2. The monoisotopic (exact) mass is 728 g/mol. The number of amides is 2. The fraction of sp³-hybridized carbons (Fsp3) is 0.471. The van der Waals surface area contributed by atoms with Gasteiger partial charge in [-0.3, -0.25) is 19.2 Å². The topological polar surface area (TPSA) is 207 Å². The minimum atomic E-state index is -0.833.